The molecular formula is C23H26F5N7O. The SMILES string of the molecule is CN/C=C(\C(=N)C(=O)N1CC(F)(F)CC(C)C1CNc1ncc(C(F)(F)F)cn1)c1cc(C)ccn1. The van der Waals surface area contributed by atoms with Crippen LogP contribution in [-0.4, -0.2) is 63.6 Å². The van der Waals surface area contributed by atoms with Crippen molar-refractivity contribution < 1.29 is 26.7 Å². The first-order chi connectivity index (χ1) is 16.8. The van der Waals surface area contributed by atoms with Crippen LogP contribution in [-0.2, 0) is 11.0 Å². The van der Waals surface area contributed by atoms with Crippen molar-refractivity contribution in [2.24, 2.45) is 5.92 Å². The van der Waals surface area contributed by atoms with E-state index in [4.69, 9.17) is 5.41 Å². The van der Waals surface area contributed by atoms with Crippen LogP contribution in [0.3, 0.4) is 0 Å². The van der Waals surface area contributed by atoms with Crippen LogP contribution >= 0.6 is 0 Å². The van der Waals surface area contributed by atoms with Gasteiger partial charge in [0.25, 0.3) is 11.8 Å². The van der Waals surface area contributed by atoms with Gasteiger partial charge in [-0.2, -0.15) is 13.2 Å². The minimum absolute atomic E-state index is 0.102. The van der Waals surface area contributed by atoms with Crippen LogP contribution in [0.5, 0.6) is 0 Å². The number of likely N-dealkylation sites (tertiary alicyclic amines) is 1. The van der Waals surface area contributed by atoms with Crippen LogP contribution in [0.15, 0.2) is 36.9 Å². The van der Waals surface area contributed by atoms with Crippen LogP contribution < -0.4 is 10.6 Å². The highest BCUT2D eigenvalue weighted by Crippen LogP contribution is 2.35. The maximum absolute atomic E-state index is 14.5. The van der Waals surface area contributed by atoms with E-state index in [-0.39, 0.29) is 18.1 Å². The summed E-state index contributed by atoms with van der Waals surface area (Å²) in [7, 11) is 1.57. The lowest BCUT2D eigenvalue weighted by molar-refractivity contribution is -0.145. The van der Waals surface area contributed by atoms with Crippen LogP contribution in [0.25, 0.3) is 5.57 Å². The van der Waals surface area contributed by atoms with E-state index >= 15 is 0 Å². The van der Waals surface area contributed by atoms with E-state index in [1.165, 1.54) is 12.4 Å². The number of hydrogen-bond donors (Lipinski definition) is 3. The molecule has 36 heavy (non-hydrogen) atoms. The van der Waals surface area contributed by atoms with Gasteiger partial charge in [-0.1, -0.05) is 6.92 Å². The monoisotopic (exact) mass is 511 g/mol. The molecule has 2 aromatic heterocycles. The Bertz CT molecular complexity index is 1130. The zero-order chi connectivity index (χ0) is 26.7. The van der Waals surface area contributed by atoms with Crippen molar-refractivity contribution in [3.63, 3.8) is 0 Å². The number of pyridine rings is 1. The summed E-state index contributed by atoms with van der Waals surface area (Å²) in [5.41, 5.74) is -0.266. The quantitative estimate of drug-likeness (QED) is 0.386. The van der Waals surface area contributed by atoms with E-state index in [9.17, 15) is 26.7 Å². The molecule has 0 radical (unpaired) electrons. The number of halogens is 5. The minimum Gasteiger partial charge on any atom is -0.393 e. The first-order valence-electron chi connectivity index (χ1n) is 11.0. The number of anilines is 1. The van der Waals surface area contributed by atoms with Crippen LogP contribution in [0, 0.1) is 18.3 Å². The molecule has 0 saturated carbocycles. The summed E-state index contributed by atoms with van der Waals surface area (Å²) in [6.07, 6.45) is -0.970. The van der Waals surface area contributed by atoms with Crippen molar-refractivity contribution in [2.45, 2.75) is 38.4 Å². The Kier molecular flexibility index (Phi) is 7.89. The summed E-state index contributed by atoms with van der Waals surface area (Å²) in [5.74, 6) is -4.94. The number of hydrogen-bond acceptors (Lipinski definition) is 7. The molecule has 1 fully saturated rings. The smallest absolute Gasteiger partial charge is 0.393 e. The first kappa shape index (κ1) is 27.0. The summed E-state index contributed by atoms with van der Waals surface area (Å²) in [6, 6.07) is 2.60. The number of piperidine rings is 1. The molecule has 194 valence electrons. The molecular weight excluding hydrogens is 485 g/mol. The highest BCUT2D eigenvalue weighted by Gasteiger charge is 2.47. The molecule has 2 aromatic rings. The van der Waals surface area contributed by atoms with Gasteiger partial charge in [-0.15, -0.1) is 0 Å². The summed E-state index contributed by atoms with van der Waals surface area (Å²) < 4.78 is 67.2. The lowest BCUT2D eigenvalue weighted by atomic mass is 9.87. The van der Waals surface area contributed by atoms with Crippen LogP contribution in [0.4, 0.5) is 27.9 Å². The molecule has 2 atom stereocenters. The summed E-state index contributed by atoms with van der Waals surface area (Å²) in [4.78, 5) is 25.7. The number of nitrogens with one attached hydrogen (secondary N) is 3. The third-order valence-corrected chi connectivity index (χ3v) is 5.75. The number of carbonyl (C=O) groups is 1. The Hall–Kier alpha value is -3.64. The van der Waals surface area contributed by atoms with Crippen LogP contribution in [0.2, 0.25) is 0 Å². The fourth-order valence-corrected chi connectivity index (χ4v) is 4.00. The second-order valence-corrected chi connectivity index (χ2v) is 8.65. The third kappa shape index (κ3) is 6.32. The lowest BCUT2D eigenvalue weighted by Gasteiger charge is -2.43. The van der Waals surface area contributed by atoms with E-state index in [1.807, 2.05) is 6.92 Å². The fourth-order valence-electron chi connectivity index (χ4n) is 4.00. The largest absolute Gasteiger partial charge is 0.419 e. The Balaban J connectivity index is 1.84. The highest BCUT2D eigenvalue weighted by atomic mass is 19.4. The number of aryl methyl sites for hydroxylation is 1. The van der Waals surface area contributed by atoms with Crippen molar-refractivity contribution in [2.75, 3.05) is 25.5 Å². The second-order valence-electron chi connectivity index (χ2n) is 8.65. The first-order valence-corrected chi connectivity index (χ1v) is 11.0. The molecule has 1 aliphatic rings. The number of amides is 1. The molecule has 0 aromatic carbocycles. The molecule has 0 aliphatic carbocycles. The van der Waals surface area contributed by atoms with Gasteiger partial charge in [0.2, 0.25) is 5.95 Å². The number of carbonyl (C=O) groups excluding carboxylic acids is 1. The van der Waals surface area contributed by atoms with Gasteiger partial charge in [0.05, 0.1) is 23.8 Å². The number of aromatic nitrogens is 3. The Labute approximate surface area is 204 Å². The molecule has 0 bridgehead atoms. The third-order valence-electron chi connectivity index (χ3n) is 5.75. The molecule has 13 heteroatoms. The Morgan fingerprint density at radius 1 is 1.28 bits per heavy atom. The molecule has 2 unspecified atom stereocenters. The Morgan fingerprint density at radius 2 is 1.94 bits per heavy atom. The zero-order valence-electron chi connectivity index (χ0n) is 19.8. The van der Waals surface area contributed by atoms with Crippen molar-refractivity contribution >= 4 is 23.1 Å². The predicted octanol–water partition coefficient (Wildman–Crippen LogP) is 3.76. The Morgan fingerprint density at radius 3 is 2.53 bits per heavy atom. The summed E-state index contributed by atoms with van der Waals surface area (Å²) >= 11 is 0. The van der Waals surface area contributed by atoms with E-state index in [0.29, 0.717) is 18.1 Å². The summed E-state index contributed by atoms with van der Waals surface area (Å²) in [5, 5.41) is 14.0. The number of nitrogens with zero attached hydrogens (tertiary/aromatic N) is 4. The average Bonchev–Trinajstić information content (AvgIpc) is 2.80. The fraction of sp³-hybridized carbons (Fsp3) is 0.435. The number of rotatable bonds is 7. The van der Waals surface area contributed by atoms with Gasteiger partial charge in [0.15, 0.2) is 0 Å². The van der Waals surface area contributed by atoms with Gasteiger partial charge in [0.1, 0.15) is 5.71 Å². The lowest BCUT2D eigenvalue weighted by Crippen LogP contribution is -2.59. The molecule has 1 aliphatic heterocycles. The zero-order valence-corrected chi connectivity index (χ0v) is 19.8. The molecule has 1 saturated heterocycles. The molecule has 3 rings (SSSR count). The number of alkyl halides is 5. The maximum atomic E-state index is 14.5. The topological polar surface area (TPSA) is 107 Å². The van der Waals surface area contributed by atoms with Crippen molar-refractivity contribution in [1.29, 1.82) is 5.41 Å². The molecule has 0 spiro atoms. The molecule has 3 heterocycles. The van der Waals surface area contributed by atoms with E-state index in [2.05, 4.69) is 25.6 Å². The van der Waals surface area contributed by atoms with E-state index in [0.717, 1.165) is 10.5 Å². The average molecular weight is 511 g/mol. The predicted molar refractivity (Wildman–Crippen MR) is 123 cm³/mol. The van der Waals surface area contributed by atoms with Crippen molar-refractivity contribution in [3.05, 3.63) is 53.7 Å². The van der Waals surface area contributed by atoms with Gasteiger partial charge >= 0.3 is 6.18 Å². The van der Waals surface area contributed by atoms with Gasteiger partial charge in [-0.05, 0) is 30.5 Å². The normalized spacial score (nSPS) is 20.1. The molecule has 8 nitrogen and oxygen atoms in total. The van der Waals surface area contributed by atoms with Crippen LogP contribution in [0.1, 0.15) is 30.2 Å². The van der Waals surface area contributed by atoms with Gasteiger partial charge in [-0.3, -0.25) is 15.2 Å². The standard InChI is InChI=1S/C23H26F5N7O/c1-13-4-5-31-17(6-13)16(10-30-3)19(29)20(36)35-12-22(24,25)7-14(2)18(35)11-34-21-32-8-15(9-33-21)23(26,27)28/h4-6,8-10,14,18,29-30H,7,11-12H2,1-3H3,(H,32,33,34)/b16-10-,29-19?. The molecule has 3 N–H and O–H groups in total. The van der Waals surface area contributed by atoms with Gasteiger partial charge in [0, 0.05) is 50.4 Å². The van der Waals surface area contributed by atoms with Gasteiger partial charge in [-0.25, -0.2) is 18.7 Å². The second kappa shape index (κ2) is 10.5. The van der Waals surface area contributed by atoms with Crippen molar-refractivity contribution in [3.8, 4) is 0 Å². The van der Waals surface area contributed by atoms with Gasteiger partial charge < -0.3 is 15.5 Å². The minimum atomic E-state index is -4.60. The van der Waals surface area contributed by atoms with E-state index < -0.39 is 54.2 Å². The maximum Gasteiger partial charge on any atom is 0.419 e. The molecule has 1 amide bonds. The van der Waals surface area contributed by atoms with E-state index in [1.54, 1.807) is 26.1 Å². The van der Waals surface area contributed by atoms with Crippen molar-refractivity contribution in [1.82, 2.24) is 25.2 Å². The highest BCUT2D eigenvalue weighted by molar-refractivity contribution is 6.54. The summed E-state index contributed by atoms with van der Waals surface area (Å²) in [6.45, 7) is 2.34.